The lowest BCUT2D eigenvalue weighted by Crippen LogP contribution is -2.14. The maximum absolute atomic E-state index is 5.17. The first kappa shape index (κ1) is 17.3. The van der Waals surface area contributed by atoms with Crippen molar-refractivity contribution in [2.45, 2.75) is 0 Å². The number of nitrogens with zero attached hydrogens (tertiary/aromatic N) is 3. The fourth-order valence-electron chi connectivity index (χ4n) is 3.79. The van der Waals surface area contributed by atoms with Crippen molar-refractivity contribution >= 4 is 22.9 Å². The van der Waals surface area contributed by atoms with Crippen molar-refractivity contribution in [3.05, 3.63) is 102 Å². The van der Waals surface area contributed by atoms with Crippen molar-refractivity contribution in [2.24, 2.45) is 5.10 Å². The third-order valence-corrected chi connectivity index (χ3v) is 5.26. The van der Waals surface area contributed by atoms with E-state index in [4.69, 9.17) is 5.10 Å². The molecule has 4 heteroatoms. The van der Waals surface area contributed by atoms with E-state index in [1.807, 2.05) is 41.5 Å². The Balaban J connectivity index is 1.73. The van der Waals surface area contributed by atoms with Crippen LogP contribution >= 0.6 is 0 Å². The number of H-pyrrole nitrogens is 1. The van der Waals surface area contributed by atoms with Crippen LogP contribution in [0, 0.1) is 0 Å². The lowest BCUT2D eigenvalue weighted by molar-refractivity contribution is 1.05. The van der Waals surface area contributed by atoms with Gasteiger partial charge in [-0.2, -0.15) is 5.10 Å². The molecule has 0 atom stereocenters. The van der Waals surface area contributed by atoms with Gasteiger partial charge in [0.25, 0.3) is 0 Å². The monoisotopic (exact) mass is 378 g/mol. The van der Waals surface area contributed by atoms with Crippen LogP contribution < -0.4 is 9.91 Å². The zero-order valence-electron chi connectivity index (χ0n) is 16.5. The summed E-state index contributed by atoms with van der Waals surface area (Å²) in [5.41, 5.74) is 7.93. The maximum atomic E-state index is 5.17. The van der Waals surface area contributed by atoms with Gasteiger partial charge in [0.1, 0.15) is 5.82 Å². The SMILES string of the molecule is CN(C)c1ccc2c(c1)/C(=N\N(c1ccccc1)c1ccc[nH]1)c1ccccc1-2. The molecule has 29 heavy (non-hydrogen) atoms. The van der Waals surface area contributed by atoms with Crippen LogP contribution in [0.5, 0.6) is 0 Å². The molecular weight excluding hydrogens is 356 g/mol. The van der Waals surface area contributed by atoms with Crippen LogP contribution in [0.3, 0.4) is 0 Å². The molecule has 1 aliphatic carbocycles. The van der Waals surface area contributed by atoms with Crippen molar-refractivity contribution in [1.82, 2.24) is 4.98 Å². The molecule has 4 nitrogen and oxygen atoms in total. The number of aromatic nitrogens is 1. The lowest BCUT2D eigenvalue weighted by Gasteiger charge is -2.19. The molecule has 1 N–H and O–H groups in total. The van der Waals surface area contributed by atoms with Gasteiger partial charge in [0.05, 0.1) is 11.4 Å². The highest BCUT2D eigenvalue weighted by molar-refractivity contribution is 6.25. The highest BCUT2D eigenvalue weighted by Gasteiger charge is 2.26. The summed E-state index contributed by atoms with van der Waals surface area (Å²) in [5, 5.41) is 7.15. The second-order valence-corrected chi connectivity index (χ2v) is 7.32. The number of para-hydroxylation sites is 1. The number of fused-ring (bicyclic) bond motifs is 3. The molecular formula is C25H22N4. The molecule has 0 amide bonds. The smallest absolute Gasteiger partial charge is 0.132 e. The van der Waals surface area contributed by atoms with Crippen LogP contribution in [0.2, 0.25) is 0 Å². The fourth-order valence-corrected chi connectivity index (χ4v) is 3.79. The molecule has 3 aromatic carbocycles. The summed E-state index contributed by atoms with van der Waals surface area (Å²) >= 11 is 0. The average Bonchev–Trinajstić information content (AvgIpc) is 3.39. The van der Waals surface area contributed by atoms with Crippen LogP contribution in [-0.4, -0.2) is 24.8 Å². The van der Waals surface area contributed by atoms with Gasteiger partial charge < -0.3 is 9.88 Å². The van der Waals surface area contributed by atoms with Crippen molar-refractivity contribution < 1.29 is 0 Å². The van der Waals surface area contributed by atoms with E-state index in [1.165, 1.54) is 11.1 Å². The molecule has 0 aliphatic heterocycles. The van der Waals surface area contributed by atoms with E-state index in [9.17, 15) is 0 Å². The highest BCUT2D eigenvalue weighted by Crippen LogP contribution is 2.39. The minimum Gasteiger partial charge on any atom is -0.378 e. The van der Waals surface area contributed by atoms with Crippen LogP contribution in [0.15, 0.2) is 96.2 Å². The number of nitrogens with one attached hydrogen (secondary N) is 1. The number of anilines is 3. The molecule has 4 aromatic rings. The Morgan fingerprint density at radius 3 is 2.10 bits per heavy atom. The number of aromatic amines is 1. The molecule has 0 fully saturated rings. The summed E-state index contributed by atoms with van der Waals surface area (Å²) in [7, 11) is 4.13. The topological polar surface area (TPSA) is 34.6 Å². The molecule has 1 aliphatic rings. The summed E-state index contributed by atoms with van der Waals surface area (Å²) < 4.78 is 0. The van der Waals surface area contributed by atoms with Gasteiger partial charge in [-0.1, -0.05) is 48.5 Å². The van der Waals surface area contributed by atoms with Gasteiger partial charge in [0.15, 0.2) is 0 Å². The van der Waals surface area contributed by atoms with E-state index in [1.54, 1.807) is 0 Å². The first-order valence-corrected chi connectivity index (χ1v) is 9.71. The van der Waals surface area contributed by atoms with Crippen LogP contribution in [0.25, 0.3) is 11.1 Å². The Bertz CT molecular complexity index is 1170. The van der Waals surface area contributed by atoms with Gasteiger partial charge in [-0.15, -0.1) is 0 Å². The number of rotatable bonds is 4. The van der Waals surface area contributed by atoms with E-state index in [0.29, 0.717) is 0 Å². The first-order valence-electron chi connectivity index (χ1n) is 9.71. The highest BCUT2D eigenvalue weighted by atomic mass is 15.5. The Morgan fingerprint density at radius 2 is 1.38 bits per heavy atom. The summed E-state index contributed by atoms with van der Waals surface area (Å²) in [6, 6.07) is 29.4. The average molecular weight is 378 g/mol. The zero-order valence-corrected chi connectivity index (χ0v) is 16.5. The third kappa shape index (κ3) is 2.99. The summed E-state index contributed by atoms with van der Waals surface area (Å²) in [4.78, 5) is 5.42. The van der Waals surface area contributed by atoms with E-state index in [2.05, 4.69) is 78.6 Å². The molecule has 5 rings (SSSR count). The molecule has 0 saturated carbocycles. The number of hydrazone groups is 1. The molecule has 0 unspecified atom stereocenters. The molecule has 1 heterocycles. The summed E-state index contributed by atoms with van der Waals surface area (Å²) in [6.07, 6.45) is 1.92. The maximum Gasteiger partial charge on any atom is 0.132 e. The van der Waals surface area contributed by atoms with Crippen molar-refractivity contribution in [1.29, 1.82) is 0 Å². The fraction of sp³-hybridized carbons (Fsp3) is 0.0800. The first-order chi connectivity index (χ1) is 14.2. The van der Waals surface area contributed by atoms with E-state index in [-0.39, 0.29) is 0 Å². The molecule has 0 spiro atoms. The van der Waals surface area contributed by atoms with Crippen LogP contribution in [-0.2, 0) is 0 Å². The standard InChI is InChI=1S/C25H22N4/c1-28(2)19-14-15-21-20-11-6-7-12-22(20)25(23(21)17-19)27-29(24-13-8-16-26-24)18-9-4-3-5-10-18/h3-17,26H,1-2H3/b27-25-. The van der Waals surface area contributed by atoms with Crippen LogP contribution in [0.4, 0.5) is 17.2 Å². The molecule has 0 saturated heterocycles. The molecule has 0 radical (unpaired) electrons. The van der Waals surface area contributed by atoms with Crippen molar-refractivity contribution in [3.8, 4) is 11.1 Å². The number of hydrogen-bond donors (Lipinski definition) is 1. The molecule has 1 aromatic heterocycles. The van der Waals surface area contributed by atoms with Crippen molar-refractivity contribution in [2.75, 3.05) is 24.0 Å². The van der Waals surface area contributed by atoms with E-state index >= 15 is 0 Å². The van der Waals surface area contributed by atoms with Gasteiger partial charge in [-0.3, -0.25) is 0 Å². The van der Waals surface area contributed by atoms with Gasteiger partial charge in [-0.25, -0.2) is 5.01 Å². The van der Waals surface area contributed by atoms with Gasteiger partial charge in [-0.05, 0) is 47.5 Å². The summed E-state index contributed by atoms with van der Waals surface area (Å²) in [5.74, 6) is 0.929. The van der Waals surface area contributed by atoms with Crippen LogP contribution in [0.1, 0.15) is 11.1 Å². The van der Waals surface area contributed by atoms with Gasteiger partial charge in [0, 0.05) is 37.1 Å². The molecule has 142 valence electrons. The Kier molecular flexibility index (Phi) is 4.17. The van der Waals surface area contributed by atoms with Gasteiger partial charge in [0.2, 0.25) is 0 Å². The number of benzene rings is 3. The molecule has 0 bridgehead atoms. The lowest BCUT2D eigenvalue weighted by atomic mass is 10.1. The van der Waals surface area contributed by atoms with Gasteiger partial charge >= 0.3 is 0 Å². The summed E-state index contributed by atoms with van der Waals surface area (Å²) in [6.45, 7) is 0. The predicted molar refractivity (Wildman–Crippen MR) is 121 cm³/mol. The predicted octanol–water partition coefficient (Wildman–Crippen LogP) is 5.65. The Morgan fingerprint density at radius 1 is 0.655 bits per heavy atom. The minimum absolute atomic E-state index is 0.929. The van der Waals surface area contributed by atoms with E-state index < -0.39 is 0 Å². The van der Waals surface area contributed by atoms with E-state index in [0.717, 1.165) is 34.0 Å². The minimum atomic E-state index is 0.929. The Hall–Kier alpha value is -3.79. The number of hydrogen-bond acceptors (Lipinski definition) is 3. The quantitative estimate of drug-likeness (QED) is 0.410. The largest absolute Gasteiger partial charge is 0.378 e. The van der Waals surface area contributed by atoms with Crippen molar-refractivity contribution in [3.63, 3.8) is 0 Å². The second-order valence-electron chi connectivity index (χ2n) is 7.32. The second kappa shape index (κ2) is 6.99. The zero-order chi connectivity index (χ0) is 19.8. The normalized spacial score (nSPS) is 13.2. The third-order valence-electron chi connectivity index (χ3n) is 5.26. The Labute approximate surface area is 170 Å².